The third-order valence-electron chi connectivity index (χ3n) is 3.25. The number of halogens is 2. The Balaban J connectivity index is 1.87. The lowest BCUT2D eigenvalue weighted by molar-refractivity contribution is 0.173. The summed E-state index contributed by atoms with van der Waals surface area (Å²) in [6.45, 7) is 0.726. The van der Waals surface area contributed by atoms with E-state index in [1.54, 1.807) is 18.4 Å². The number of aliphatic hydroxyl groups is 1. The lowest BCUT2D eigenvalue weighted by atomic mass is 10.1. The highest BCUT2D eigenvalue weighted by molar-refractivity contribution is 7.84. The van der Waals surface area contributed by atoms with E-state index in [2.05, 4.69) is 5.32 Å². The van der Waals surface area contributed by atoms with Crippen molar-refractivity contribution in [3.63, 3.8) is 0 Å². The van der Waals surface area contributed by atoms with Gasteiger partial charge in [0.15, 0.2) is 11.6 Å². The van der Waals surface area contributed by atoms with Crippen LogP contribution in [-0.2, 0) is 17.3 Å². The van der Waals surface area contributed by atoms with Crippen LogP contribution in [0.2, 0.25) is 0 Å². The predicted octanol–water partition coefficient (Wildman–Crippen LogP) is 2.53. The molecule has 0 aromatic heterocycles. The molecule has 2 aromatic rings. The molecule has 2 rings (SSSR count). The molecule has 0 heterocycles. The van der Waals surface area contributed by atoms with Gasteiger partial charge in [-0.1, -0.05) is 18.2 Å². The summed E-state index contributed by atoms with van der Waals surface area (Å²) in [4.78, 5) is 0.755. The van der Waals surface area contributed by atoms with Crippen LogP contribution < -0.4 is 5.32 Å². The van der Waals surface area contributed by atoms with Crippen molar-refractivity contribution in [1.29, 1.82) is 0 Å². The Labute approximate surface area is 130 Å². The Morgan fingerprint density at radius 1 is 1.14 bits per heavy atom. The van der Waals surface area contributed by atoms with Gasteiger partial charge < -0.3 is 10.4 Å². The molecule has 0 saturated carbocycles. The van der Waals surface area contributed by atoms with E-state index in [1.807, 2.05) is 12.1 Å². The largest absolute Gasteiger partial charge is 0.387 e. The smallest absolute Gasteiger partial charge is 0.159 e. The van der Waals surface area contributed by atoms with Gasteiger partial charge >= 0.3 is 0 Å². The van der Waals surface area contributed by atoms with Crippen LogP contribution in [0.1, 0.15) is 17.2 Å². The molecule has 0 aliphatic rings. The standard InChI is InChI=1S/C16H17F2NO2S/c1-22(21)13-5-2-11(3-6-13)9-19-10-16(20)12-4-7-14(17)15(18)8-12/h2-8,16,19-20H,9-10H2,1H3/t16-,22+/m0/s1. The van der Waals surface area contributed by atoms with Gasteiger partial charge in [-0.05, 0) is 35.4 Å². The topological polar surface area (TPSA) is 49.3 Å². The number of nitrogens with one attached hydrogen (secondary N) is 1. The third kappa shape index (κ3) is 4.43. The molecule has 2 atom stereocenters. The van der Waals surface area contributed by atoms with Crippen LogP contribution in [0, 0.1) is 11.6 Å². The Hall–Kier alpha value is -1.63. The van der Waals surface area contributed by atoms with Crippen molar-refractivity contribution in [3.8, 4) is 0 Å². The second-order valence-electron chi connectivity index (χ2n) is 4.92. The van der Waals surface area contributed by atoms with E-state index in [1.165, 1.54) is 6.07 Å². The molecule has 0 aliphatic heterocycles. The highest BCUT2D eigenvalue weighted by Gasteiger charge is 2.10. The zero-order valence-corrected chi connectivity index (χ0v) is 12.9. The molecule has 0 unspecified atom stereocenters. The summed E-state index contributed by atoms with van der Waals surface area (Å²) < 4.78 is 37.2. The van der Waals surface area contributed by atoms with Crippen LogP contribution >= 0.6 is 0 Å². The summed E-state index contributed by atoms with van der Waals surface area (Å²) in [5, 5.41) is 13.0. The maximum absolute atomic E-state index is 13.1. The van der Waals surface area contributed by atoms with Crippen LogP contribution in [0.5, 0.6) is 0 Å². The maximum atomic E-state index is 13.1. The molecule has 0 radical (unpaired) electrons. The first kappa shape index (κ1) is 16.7. The first-order chi connectivity index (χ1) is 10.5. The normalized spacial score (nSPS) is 13.8. The van der Waals surface area contributed by atoms with Crippen molar-refractivity contribution in [2.24, 2.45) is 0 Å². The fourth-order valence-electron chi connectivity index (χ4n) is 1.99. The van der Waals surface area contributed by atoms with E-state index >= 15 is 0 Å². The molecule has 22 heavy (non-hydrogen) atoms. The van der Waals surface area contributed by atoms with Crippen LogP contribution in [-0.4, -0.2) is 22.1 Å². The summed E-state index contributed by atoms with van der Waals surface area (Å²) in [6.07, 6.45) is 0.698. The number of hydrogen-bond acceptors (Lipinski definition) is 3. The zero-order chi connectivity index (χ0) is 16.1. The first-order valence-electron chi connectivity index (χ1n) is 6.73. The number of rotatable bonds is 6. The monoisotopic (exact) mass is 325 g/mol. The summed E-state index contributed by atoms with van der Waals surface area (Å²) in [7, 11) is -1.01. The van der Waals surface area contributed by atoms with Crippen molar-refractivity contribution in [2.45, 2.75) is 17.5 Å². The molecular weight excluding hydrogens is 308 g/mol. The Kier molecular flexibility index (Phi) is 5.76. The zero-order valence-electron chi connectivity index (χ0n) is 12.1. The average molecular weight is 325 g/mol. The van der Waals surface area contributed by atoms with Crippen LogP contribution in [0.4, 0.5) is 8.78 Å². The molecule has 2 aromatic carbocycles. The quantitative estimate of drug-likeness (QED) is 0.858. The second kappa shape index (κ2) is 7.58. The summed E-state index contributed by atoms with van der Waals surface area (Å²) >= 11 is 0. The molecule has 6 heteroatoms. The van der Waals surface area contributed by atoms with Crippen molar-refractivity contribution >= 4 is 10.8 Å². The van der Waals surface area contributed by atoms with Gasteiger partial charge in [-0.25, -0.2) is 8.78 Å². The van der Waals surface area contributed by atoms with E-state index in [0.29, 0.717) is 12.1 Å². The fourth-order valence-corrected chi connectivity index (χ4v) is 2.51. The lowest BCUT2D eigenvalue weighted by Gasteiger charge is -2.12. The van der Waals surface area contributed by atoms with Crippen LogP contribution in [0.3, 0.4) is 0 Å². The maximum Gasteiger partial charge on any atom is 0.159 e. The Bertz CT molecular complexity index is 662. The molecule has 118 valence electrons. The van der Waals surface area contributed by atoms with E-state index in [4.69, 9.17) is 0 Å². The molecular formula is C16H17F2NO2S. The number of aliphatic hydroxyl groups excluding tert-OH is 1. The van der Waals surface area contributed by atoms with E-state index in [9.17, 15) is 18.1 Å². The molecule has 3 nitrogen and oxygen atoms in total. The summed E-state index contributed by atoms with van der Waals surface area (Å²) in [6, 6.07) is 10.6. The van der Waals surface area contributed by atoms with Gasteiger partial charge in [-0.15, -0.1) is 0 Å². The summed E-state index contributed by atoms with van der Waals surface area (Å²) in [5.74, 6) is -1.91. The first-order valence-corrected chi connectivity index (χ1v) is 8.29. The minimum atomic E-state index is -1.01. The lowest BCUT2D eigenvalue weighted by Crippen LogP contribution is -2.21. The molecule has 0 fully saturated rings. The number of hydrogen-bond donors (Lipinski definition) is 2. The Morgan fingerprint density at radius 3 is 2.41 bits per heavy atom. The molecule has 0 bridgehead atoms. The second-order valence-corrected chi connectivity index (χ2v) is 6.30. The number of benzene rings is 2. The van der Waals surface area contributed by atoms with Crippen molar-refractivity contribution in [3.05, 3.63) is 65.2 Å². The van der Waals surface area contributed by atoms with Gasteiger partial charge in [0.05, 0.1) is 6.10 Å². The van der Waals surface area contributed by atoms with Gasteiger partial charge in [-0.2, -0.15) is 0 Å². The van der Waals surface area contributed by atoms with E-state index < -0.39 is 28.5 Å². The van der Waals surface area contributed by atoms with E-state index in [0.717, 1.165) is 22.6 Å². The predicted molar refractivity (Wildman–Crippen MR) is 81.8 cm³/mol. The Morgan fingerprint density at radius 2 is 1.82 bits per heavy atom. The molecule has 0 aliphatic carbocycles. The van der Waals surface area contributed by atoms with Gasteiger partial charge in [0, 0.05) is 35.0 Å². The van der Waals surface area contributed by atoms with E-state index in [-0.39, 0.29) is 6.54 Å². The molecule has 0 amide bonds. The summed E-state index contributed by atoms with van der Waals surface area (Å²) in [5.41, 5.74) is 1.30. The molecule has 0 spiro atoms. The highest BCUT2D eigenvalue weighted by atomic mass is 32.2. The minimum absolute atomic E-state index is 0.215. The van der Waals surface area contributed by atoms with Crippen LogP contribution in [0.25, 0.3) is 0 Å². The fraction of sp³-hybridized carbons (Fsp3) is 0.250. The van der Waals surface area contributed by atoms with Gasteiger partial charge in [0.25, 0.3) is 0 Å². The van der Waals surface area contributed by atoms with Gasteiger partial charge in [0.2, 0.25) is 0 Å². The van der Waals surface area contributed by atoms with Crippen molar-refractivity contribution in [2.75, 3.05) is 12.8 Å². The molecule has 0 saturated heterocycles. The van der Waals surface area contributed by atoms with Gasteiger partial charge in [-0.3, -0.25) is 4.21 Å². The van der Waals surface area contributed by atoms with Crippen molar-refractivity contribution < 1.29 is 18.1 Å². The minimum Gasteiger partial charge on any atom is -0.387 e. The molecule has 2 N–H and O–H groups in total. The average Bonchev–Trinajstić information content (AvgIpc) is 2.50. The van der Waals surface area contributed by atoms with Gasteiger partial charge in [0.1, 0.15) is 0 Å². The third-order valence-corrected chi connectivity index (χ3v) is 4.19. The SMILES string of the molecule is C[S@@](=O)c1ccc(CNC[C@H](O)c2ccc(F)c(F)c2)cc1. The highest BCUT2D eigenvalue weighted by Crippen LogP contribution is 2.16. The van der Waals surface area contributed by atoms with Crippen molar-refractivity contribution in [1.82, 2.24) is 5.32 Å². The van der Waals surface area contributed by atoms with Crippen LogP contribution in [0.15, 0.2) is 47.4 Å².